The standard InChI is InChI=1S/C16H21NO/c1-4-15-8-9-16(18-15)11-17-14-7-5-6-13(10-14)12(2)3/h5-10,12,17H,4,11H2,1-3H3. The predicted molar refractivity (Wildman–Crippen MR) is 75.9 cm³/mol. The van der Waals surface area contributed by atoms with Crippen LogP contribution in [-0.4, -0.2) is 0 Å². The molecule has 0 atom stereocenters. The van der Waals surface area contributed by atoms with Crippen molar-refractivity contribution < 1.29 is 4.42 Å². The van der Waals surface area contributed by atoms with E-state index < -0.39 is 0 Å². The molecule has 0 radical (unpaired) electrons. The Kier molecular flexibility index (Phi) is 4.08. The molecule has 0 aliphatic carbocycles. The first kappa shape index (κ1) is 12.7. The highest BCUT2D eigenvalue weighted by atomic mass is 16.3. The van der Waals surface area contributed by atoms with Crippen molar-refractivity contribution in [3.8, 4) is 0 Å². The first-order valence-corrected chi connectivity index (χ1v) is 6.60. The highest BCUT2D eigenvalue weighted by Gasteiger charge is 2.02. The van der Waals surface area contributed by atoms with Crippen molar-refractivity contribution in [2.45, 2.75) is 39.7 Å². The van der Waals surface area contributed by atoms with E-state index in [1.807, 2.05) is 12.1 Å². The third kappa shape index (κ3) is 3.16. The second-order valence-corrected chi connectivity index (χ2v) is 4.86. The van der Waals surface area contributed by atoms with Crippen LogP contribution >= 0.6 is 0 Å². The maximum Gasteiger partial charge on any atom is 0.123 e. The summed E-state index contributed by atoms with van der Waals surface area (Å²) in [5.41, 5.74) is 2.50. The van der Waals surface area contributed by atoms with Crippen LogP contribution in [0.1, 0.15) is 43.8 Å². The molecule has 1 aromatic carbocycles. The first-order chi connectivity index (χ1) is 8.69. The Balaban J connectivity index is 1.99. The van der Waals surface area contributed by atoms with E-state index in [-0.39, 0.29) is 0 Å². The zero-order valence-electron chi connectivity index (χ0n) is 11.4. The minimum absolute atomic E-state index is 0.557. The average molecular weight is 243 g/mol. The molecular weight excluding hydrogens is 222 g/mol. The predicted octanol–water partition coefficient (Wildman–Crippen LogP) is 4.58. The van der Waals surface area contributed by atoms with Gasteiger partial charge in [-0.1, -0.05) is 32.9 Å². The normalized spacial score (nSPS) is 10.9. The lowest BCUT2D eigenvalue weighted by atomic mass is 10.0. The van der Waals surface area contributed by atoms with Crippen LogP contribution in [-0.2, 0) is 13.0 Å². The Labute approximate surface area is 109 Å². The van der Waals surface area contributed by atoms with Crippen LogP contribution in [0, 0.1) is 0 Å². The summed E-state index contributed by atoms with van der Waals surface area (Å²) < 4.78 is 5.67. The Morgan fingerprint density at radius 1 is 1.11 bits per heavy atom. The molecule has 0 aliphatic heterocycles. The van der Waals surface area contributed by atoms with Gasteiger partial charge < -0.3 is 9.73 Å². The third-order valence-electron chi connectivity index (χ3n) is 3.09. The lowest BCUT2D eigenvalue weighted by Crippen LogP contribution is -1.99. The highest BCUT2D eigenvalue weighted by molar-refractivity contribution is 5.46. The van der Waals surface area contributed by atoms with E-state index in [9.17, 15) is 0 Å². The Morgan fingerprint density at radius 2 is 1.89 bits per heavy atom. The van der Waals surface area contributed by atoms with E-state index in [1.165, 1.54) is 5.56 Å². The summed E-state index contributed by atoms with van der Waals surface area (Å²) in [6, 6.07) is 12.6. The number of nitrogens with one attached hydrogen (secondary N) is 1. The smallest absolute Gasteiger partial charge is 0.123 e. The van der Waals surface area contributed by atoms with Gasteiger partial charge >= 0.3 is 0 Å². The van der Waals surface area contributed by atoms with Crippen molar-refractivity contribution in [1.82, 2.24) is 0 Å². The topological polar surface area (TPSA) is 25.2 Å². The summed E-state index contributed by atoms with van der Waals surface area (Å²) in [7, 11) is 0. The van der Waals surface area contributed by atoms with Crippen LogP contribution in [0.15, 0.2) is 40.8 Å². The second kappa shape index (κ2) is 5.76. The van der Waals surface area contributed by atoms with Gasteiger partial charge in [0.25, 0.3) is 0 Å². The van der Waals surface area contributed by atoms with E-state index >= 15 is 0 Å². The Morgan fingerprint density at radius 3 is 2.56 bits per heavy atom. The largest absolute Gasteiger partial charge is 0.464 e. The first-order valence-electron chi connectivity index (χ1n) is 6.60. The van der Waals surface area contributed by atoms with Crippen molar-refractivity contribution >= 4 is 5.69 Å². The highest BCUT2D eigenvalue weighted by Crippen LogP contribution is 2.19. The molecule has 1 heterocycles. The van der Waals surface area contributed by atoms with E-state index in [2.05, 4.69) is 50.4 Å². The van der Waals surface area contributed by atoms with Crippen LogP contribution in [0.2, 0.25) is 0 Å². The molecule has 2 heteroatoms. The SMILES string of the molecule is CCc1ccc(CNc2cccc(C(C)C)c2)o1. The van der Waals surface area contributed by atoms with Crippen LogP contribution in [0.5, 0.6) is 0 Å². The molecule has 2 rings (SSSR count). The van der Waals surface area contributed by atoms with Gasteiger partial charge in [0.05, 0.1) is 6.54 Å². The van der Waals surface area contributed by atoms with E-state index in [0.29, 0.717) is 5.92 Å². The van der Waals surface area contributed by atoms with Gasteiger partial charge in [-0.3, -0.25) is 0 Å². The fourth-order valence-corrected chi connectivity index (χ4v) is 1.90. The number of aryl methyl sites for hydroxylation is 1. The lowest BCUT2D eigenvalue weighted by molar-refractivity contribution is 0.476. The van der Waals surface area contributed by atoms with Gasteiger partial charge in [0.15, 0.2) is 0 Å². The van der Waals surface area contributed by atoms with Gasteiger partial charge in [0, 0.05) is 12.1 Å². The lowest BCUT2D eigenvalue weighted by Gasteiger charge is -2.09. The van der Waals surface area contributed by atoms with Crippen molar-refractivity contribution in [3.63, 3.8) is 0 Å². The summed E-state index contributed by atoms with van der Waals surface area (Å²) >= 11 is 0. The van der Waals surface area contributed by atoms with Gasteiger partial charge in [0.1, 0.15) is 11.5 Å². The summed E-state index contributed by atoms with van der Waals surface area (Å²) in [5, 5.41) is 3.40. The van der Waals surface area contributed by atoms with Gasteiger partial charge in [0.2, 0.25) is 0 Å². The van der Waals surface area contributed by atoms with E-state index in [0.717, 1.165) is 30.2 Å². The molecular formula is C16H21NO. The molecule has 2 nitrogen and oxygen atoms in total. The minimum atomic E-state index is 0.557. The molecule has 0 fully saturated rings. The molecule has 1 aromatic heterocycles. The van der Waals surface area contributed by atoms with Gasteiger partial charge in [-0.15, -0.1) is 0 Å². The molecule has 18 heavy (non-hydrogen) atoms. The summed E-state index contributed by atoms with van der Waals surface area (Å²) in [6.07, 6.45) is 0.947. The molecule has 0 aliphatic rings. The minimum Gasteiger partial charge on any atom is -0.464 e. The fraction of sp³-hybridized carbons (Fsp3) is 0.375. The molecule has 0 amide bonds. The van der Waals surface area contributed by atoms with Crippen molar-refractivity contribution in [2.75, 3.05) is 5.32 Å². The second-order valence-electron chi connectivity index (χ2n) is 4.86. The van der Waals surface area contributed by atoms with Crippen molar-refractivity contribution in [1.29, 1.82) is 0 Å². The Hall–Kier alpha value is -1.70. The molecule has 0 saturated carbocycles. The third-order valence-corrected chi connectivity index (χ3v) is 3.09. The van der Waals surface area contributed by atoms with Gasteiger partial charge in [-0.2, -0.15) is 0 Å². The quantitative estimate of drug-likeness (QED) is 0.831. The number of rotatable bonds is 5. The van der Waals surface area contributed by atoms with Gasteiger partial charge in [-0.05, 0) is 35.7 Å². The summed E-state index contributed by atoms with van der Waals surface area (Å²) in [6.45, 7) is 7.25. The number of anilines is 1. The molecule has 0 saturated heterocycles. The van der Waals surface area contributed by atoms with Crippen LogP contribution in [0.25, 0.3) is 0 Å². The monoisotopic (exact) mass is 243 g/mol. The zero-order valence-corrected chi connectivity index (χ0v) is 11.4. The van der Waals surface area contributed by atoms with E-state index in [1.54, 1.807) is 0 Å². The van der Waals surface area contributed by atoms with Crippen molar-refractivity contribution in [3.05, 3.63) is 53.5 Å². The summed E-state index contributed by atoms with van der Waals surface area (Å²) in [4.78, 5) is 0. The van der Waals surface area contributed by atoms with Crippen molar-refractivity contribution in [2.24, 2.45) is 0 Å². The zero-order chi connectivity index (χ0) is 13.0. The number of furan rings is 1. The van der Waals surface area contributed by atoms with E-state index in [4.69, 9.17) is 4.42 Å². The molecule has 0 bridgehead atoms. The average Bonchev–Trinajstić information content (AvgIpc) is 2.84. The Bertz CT molecular complexity index is 499. The van der Waals surface area contributed by atoms with Crippen LogP contribution < -0.4 is 5.32 Å². The number of hydrogen-bond donors (Lipinski definition) is 1. The molecule has 2 aromatic rings. The maximum atomic E-state index is 5.67. The molecule has 0 spiro atoms. The van der Waals surface area contributed by atoms with Crippen LogP contribution in [0.4, 0.5) is 5.69 Å². The van der Waals surface area contributed by atoms with Crippen LogP contribution in [0.3, 0.4) is 0 Å². The molecule has 96 valence electrons. The van der Waals surface area contributed by atoms with Gasteiger partial charge in [-0.25, -0.2) is 0 Å². The molecule has 1 N–H and O–H groups in total. The number of hydrogen-bond acceptors (Lipinski definition) is 2. The maximum absolute atomic E-state index is 5.67. The summed E-state index contributed by atoms with van der Waals surface area (Å²) in [5.74, 6) is 2.59. The molecule has 0 unspecified atom stereocenters. The number of benzene rings is 1. The fourth-order valence-electron chi connectivity index (χ4n) is 1.90.